The van der Waals surface area contributed by atoms with E-state index in [-0.39, 0.29) is 13.2 Å². The number of nitrogens with zero attached hydrogens (tertiary/aromatic N) is 1. The predicted octanol–water partition coefficient (Wildman–Crippen LogP) is 0.0950. The van der Waals surface area contributed by atoms with Crippen LogP contribution in [0.5, 0.6) is 0 Å². The predicted molar refractivity (Wildman–Crippen MR) is 66.9 cm³/mol. The van der Waals surface area contributed by atoms with Gasteiger partial charge in [-0.25, -0.2) is 23.4 Å². The summed E-state index contributed by atoms with van der Waals surface area (Å²) < 4.78 is 32.5. The second-order valence-electron chi connectivity index (χ2n) is 5.10. The van der Waals surface area contributed by atoms with Crippen LogP contribution in [0.2, 0.25) is 0 Å². The van der Waals surface area contributed by atoms with Gasteiger partial charge < -0.3 is 9.84 Å². The number of aliphatic hydroxyl groups excluding tert-OH is 1. The zero-order chi connectivity index (χ0) is 15.1. The molecule has 3 amide bonds. The van der Waals surface area contributed by atoms with Crippen molar-refractivity contribution < 1.29 is 32.7 Å². The molecule has 0 aliphatic carbocycles. The average Bonchev–Trinajstić information content (AvgIpc) is 2.36. The van der Waals surface area contributed by atoms with Crippen LogP contribution in [0.4, 0.5) is 13.6 Å². The molecule has 2 N–H and O–H groups in total. The van der Waals surface area contributed by atoms with Crippen LogP contribution in [0.25, 0.3) is 0 Å². The number of nitrogens with one attached hydrogen (secondary N) is 1. The van der Waals surface area contributed by atoms with E-state index in [4.69, 9.17) is 4.74 Å². The van der Waals surface area contributed by atoms with Crippen molar-refractivity contribution in [2.75, 3.05) is 20.2 Å². The maximum Gasteiger partial charge on any atom is 0.427 e. The number of halogens is 2. The normalized spacial score (nSPS) is 40.5. The molecule has 9 heteroatoms. The van der Waals surface area contributed by atoms with Crippen LogP contribution >= 0.6 is 12.6 Å². The zero-order valence-electron chi connectivity index (χ0n) is 10.6. The topological polar surface area (TPSA) is 75.6 Å². The molecule has 0 radical (unpaired) electrons. The van der Waals surface area contributed by atoms with Crippen molar-refractivity contribution >= 4 is 24.6 Å². The molecule has 4 atom stereocenters. The molecular weight excluding hydrogens is 294 g/mol. The van der Waals surface area contributed by atoms with Crippen molar-refractivity contribution in [1.29, 1.82) is 0 Å². The van der Waals surface area contributed by atoms with Crippen molar-refractivity contribution in [3.05, 3.63) is 12.3 Å². The molecule has 0 bridgehead atoms. The van der Waals surface area contributed by atoms with Gasteiger partial charge in [0, 0.05) is 0 Å². The fourth-order valence-electron chi connectivity index (χ4n) is 2.20. The quantitative estimate of drug-likeness (QED) is 0.499. The van der Waals surface area contributed by atoms with E-state index in [0.717, 1.165) is 6.08 Å². The van der Waals surface area contributed by atoms with E-state index >= 15 is 0 Å². The maximum absolute atomic E-state index is 14.0. The molecule has 2 aliphatic heterocycles. The van der Waals surface area contributed by atoms with E-state index < -0.39 is 39.8 Å². The van der Waals surface area contributed by atoms with Gasteiger partial charge >= 0.3 is 6.03 Å². The van der Waals surface area contributed by atoms with Crippen LogP contribution in [-0.4, -0.2) is 59.2 Å². The smallest absolute Gasteiger partial charge is 0.383 e. The lowest BCUT2D eigenvalue weighted by Crippen LogP contribution is -2.62. The molecule has 2 rings (SSSR count). The first-order valence-corrected chi connectivity index (χ1v) is 6.44. The number of hydrogen-bond acceptors (Lipinski definition) is 5. The van der Waals surface area contributed by atoms with Crippen LogP contribution in [0, 0.1) is 5.92 Å². The third-order valence-corrected chi connectivity index (χ3v) is 3.96. The standard InChI is InChI=1S/C11H14F2N2O4S/c1-15(3-2-7(16)14-10(15)18)4-6-5-19-9(20)8(17)11(6,12)13/h2-3,6,8-9,17H,4-5H2,1H3,(H-,14,16,18,20)/p+1. The van der Waals surface area contributed by atoms with Gasteiger partial charge in [-0.05, 0) is 0 Å². The Hall–Kier alpha value is -1.03. The average molecular weight is 309 g/mol. The van der Waals surface area contributed by atoms with Gasteiger partial charge in [0.25, 0.3) is 11.8 Å². The summed E-state index contributed by atoms with van der Waals surface area (Å²) in [5, 5.41) is 11.5. The SMILES string of the molecule is C[N+]1(CC2COC(S)C(O)C2(F)F)C=CC(=O)NC1=O. The summed E-state index contributed by atoms with van der Waals surface area (Å²) >= 11 is 3.73. The van der Waals surface area contributed by atoms with Gasteiger partial charge in [-0.2, -0.15) is 0 Å². The Kier molecular flexibility index (Phi) is 3.89. The van der Waals surface area contributed by atoms with Gasteiger partial charge in [0.05, 0.1) is 25.6 Å². The molecule has 0 aromatic carbocycles. The van der Waals surface area contributed by atoms with E-state index in [2.05, 4.69) is 17.9 Å². The molecule has 0 aromatic rings. The summed E-state index contributed by atoms with van der Waals surface area (Å²) in [5.41, 5.74) is -1.26. The lowest BCUT2D eigenvalue weighted by Gasteiger charge is -2.41. The summed E-state index contributed by atoms with van der Waals surface area (Å²) in [4.78, 5) is 22.8. The van der Waals surface area contributed by atoms with E-state index in [1.807, 2.05) is 0 Å². The highest BCUT2D eigenvalue weighted by Crippen LogP contribution is 2.38. The van der Waals surface area contributed by atoms with Crippen molar-refractivity contribution in [2.45, 2.75) is 17.5 Å². The van der Waals surface area contributed by atoms with Gasteiger partial charge in [-0.15, -0.1) is 12.6 Å². The fourth-order valence-corrected chi connectivity index (χ4v) is 2.48. The number of carbonyl (C=O) groups is 2. The van der Waals surface area contributed by atoms with Gasteiger partial charge in [-0.1, -0.05) is 0 Å². The molecule has 1 saturated heterocycles. The van der Waals surface area contributed by atoms with Crippen LogP contribution < -0.4 is 5.32 Å². The first-order valence-electron chi connectivity index (χ1n) is 5.92. The molecule has 112 valence electrons. The third-order valence-electron chi connectivity index (χ3n) is 3.53. The van der Waals surface area contributed by atoms with Crippen LogP contribution in [-0.2, 0) is 9.53 Å². The van der Waals surface area contributed by atoms with Gasteiger partial charge in [0.15, 0.2) is 6.10 Å². The number of carbonyl (C=O) groups excluding carboxylic acids is 2. The lowest BCUT2D eigenvalue weighted by atomic mass is 9.93. The van der Waals surface area contributed by atoms with Gasteiger partial charge in [-0.3, -0.25) is 4.79 Å². The number of ether oxygens (including phenoxy) is 1. The first-order chi connectivity index (χ1) is 9.17. The number of quaternary nitrogens is 1. The third kappa shape index (κ3) is 2.58. The monoisotopic (exact) mass is 309 g/mol. The Bertz CT molecular complexity index is 473. The molecule has 0 aromatic heterocycles. The number of rotatable bonds is 2. The molecular formula is C11H15F2N2O4S+. The molecule has 0 spiro atoms. The van der Waals surface area contributed by atoms with Crippen molar-refractivity contribution in [3.8, 4) is 0 Å². The highest BCUT2D eigenvalue weighted by Gasteiger charge is 2.56. The van der Waals surface area contributed by atoms with Crippen molar-refractivity contribution in [2.24, 2.45) is 5.92 Å². The molecule has 6 nitrogen and oxygen atoms in total. The molecule has 2 heterocycles. The van der Waals surface area contributed by atoms with Crippen molar-refractivity contribution in [1.82, 2.24) is 5.32 Å². The minimum absolute atomic E-state index is 0.305. The summed E-state index contributed by atoms with van der Waals surface area (Å²) in [7, 11) is 1.40. The Morgan fingerprint density at radius 3 is 2.85 bits per heavy atom. The Labute approximate surface area is 119 Å². The molecule has 20 heavy (non-hydrogen) atoms. The van der Waals surface area contributed by atoms with E-state index in [0.29, 0.717) is 0 Å². The highest BCUT2D eigenvalue weighted by atomic mass is 32.1. The molecule has 2 aliphatic rings. The minimum Gasteiger partial charge on any atom is -0.383 e. The van der Waals surface area contributed by atoms with E-state index in [1.54, 1.807) is 0 Å². The van der Waals surface area contributed by atoms with E-state index in [9.17, 15) is 23.5 Å². The summed E-state index contributed by atoms with van der Waals surface area (Å²) in [6, 6.07) is -0.698. The number of amides is 3. The Morgan fingerprint density at radius 2 is 2.25 bits per heavy atom. The number of imide groups is 1. The number of urea groups is 1. The Morgan fingerprint density at radius 1 is 1.60 bits per heavy atom. The minimum atomic E-state index is -3.43. The molecule has 0 saturated carbocycles. The van der Waals surface area contributed by atoms with Crippen molar-refractivity contribution in [3.63, 3.8) is 0 Å². The van der Waals surface area contributed by atoms with Crippen LogP contribution in [0.15, 0.2) is 12.3 Å². The first kappa shape index (κ1) is 15.4. The van der Waals surface area contributed by atoms with E-state index in [1.165, 1.54) is 13.2 Å². The number of alkyl halides is 2. The van der Waals surface area contributed by atoms with Crippen LogP contribution in [0.1, 0.15) is 0 Å². The largest absolute Gasteiger partial charge is 0.427 e. The second-order valence-corrected chi connectivity index (χ2v) is 5.61. The molecule has 1 fully saturated rings. The van der Waals surface area contributed by atoms with Crippen LogP contribution in [0.3, 0.4) is 0 Å². The highest BCUT2D eigenvalue weighted by molar-refractivity contribution is 7.80. The summed E-state index contributed by atoms with van der Waals surface area (Å²) in [6.45, 7) is -0.638. The summed E-state index contributed by atoms with van der Waals surface area (Å²) in [5.74, 6) is -5.39. The number of hydrogen-bond donors (Lipinski definition) is 3. The number of aliphatic hydroxyl groups is 1. The summed E-state index contributed by atoms with van der Waals surface area (Å²) in [6.07, 6.45) is 0.312. The zero-order valence-corrected chi connectivity index (χ0v) is 11.5. The lowest BCUT2D eigenvalue weighted by molar-refractivity contribution is -0.783. The maximum atomic E-state index is 14.0. The fraction of sp³-hybridized carbons (Fsp3) is 0.636. The Balaban J connectivity index is 2.19. The van der Waals surface area contributed by atoms with Gasteiger partial charge in [0.1, 0.15) is 18.2 Å². The number of thiol groups is 1. The second kappa shape index (κ2) is 5.06. The molecule has 4 unspecified atom stereocenters. The van der Waals surface area contributed by atoms with Gasteiger partial charge in [0.2, 0.25) is 0 Å².